The highest BCUT2D eigenvalue weighted by atomic mass is 31.2. The Hall–Kier alpha value is -2.82. The molecule has 1 aromatic heterocycles. The lowest BCUT2D eigenvalue weighted by atomic mass is 9.96. The van der Waals surface area contributed by atoms with Crippen LogP contribution in [0.15, 0.2) is 21.8 Å². The minimum atomic E-state index is -4.80. The number of alkyl halides is 2. The summed E-state index contributed by atoms with van der Waals surface area (Å²) in [7, 11) is -4.80. The summed E-state index contributed by atoms with van der Waals surface area (Å²) in [4.78, 5) is 40.6. The van der Waals surface area contributed by atoms with Crippen molar-refractivity contribution in [2.75, 3.05) is 12.3 Å². The van der Waals surface area contributed by atoms with Gasteiger partial charge in [-0.2, -0.15) is 9.75 Å². The molecule has 0 bridgehead atoms. The number of carbonyl (C=O) groups excluding carboxylic acids is 2. The zero-order chi connectivity index (χ0) is 31.3. The van der Waals surface area contributed by atoms with Gasteiger partial charge in [0.2, 0.25) is 0 Å². The van der Waals surface area contributed by atoms with Gasteiger partial charge in [0, 0.05) is 6.20 Å². The highest BCUT2D eigenvalue weighted by molar-refractivity contribution is 7.55. The van der Waals surface area contributed by atoms with E-state index < -0.39 is 86.3 Å². The van der Waals surface area contributed by atoms with E-state index in [1.165, 1.54) is 13.8 Å². The minimum Gasteiger partial charge on any atom is -0.462 e. The van der Waals surface area contributed by atoms with Gasteiger partial charge in [-0.3, -0.25) is 13.9 Å². The second-order valence-electron chi connectivity index (χ2n) is 9.73. The first-order valence-electron chi connectivity index (χ1n) is 12.7. The number of aliphatic hydroxyl groups excluding tert-OH is 2. The fourth-order valence-electron chi connectivity index (χ4n) is 3.63. The van der Waals surface area contributed by atoms with Crippen LogP contribution in [0.3, 0.4) is 0 Å². The van der Waals surface area contributed by atoms with Crippen LogP contribution < -0.4 is 16.5 Å². The number of halogens is 2. The van der Waals surface area contributed by atoms with Crippen LogP contribution in [-0.4, -0.2) is 86.5 Å². The average Bonchev–Trinajstić information content (AvgIpc) is 3.11. The third-order valence-corrected chi connectivity index (χ3v) is 7.34. The average molecular weight is 612 g/mol. The number of nitrogens with zero attached hydrogens (tertiary/aromatic N) is 3. The lowest BCUT2D eigenvalue weighted by Crippen LogP contribution is -2.52. The summed E-state index contributed by atoms with van der Waals surface area (Å²) in [5, 5.41) is 23.5. The number of nitrogens with two attached hydrogens (primary N) is 1. The van der Waals surface area contributed by atoms with E-state index >= 15 is 0 Å². The number of hydrogen-bond acceptors (Lipinski definition) is 12. The van der Waals surface area contributed by atoms with Crippen LogP contribution in [0, 0.1) is 0 Å². The lowest BCUT2D eigenvalue weighted by Gasteiger charge is -2.32. The molecular formula is C23H36F2N5O10P. The summed E-state index contributed by atoms with van der Waals surface area (Å²) in [6.07, 6.45) is -10.2. The number of hydrogen-bond donors (Lipinski definition) is 4. The molecule has 1 fully saturated rings. The summed E-state index contributed by atoms with van der Waals surface area (Å²) < 4.78 is 68.0. The number of carbonyl (C=O) groups is 2. The topological polar surface area (TPSA) is 214 Å². The number of ether oxygens (including phenoxy) is 3. The van der Waals surface area contributed by atoms with Gasteiger partial charge in [0.05, 0.1) is 18.8 Å². The molecule has 1 saturated heterocycles. The minimum absolute atomic E-state index is 0.127. The summed E-state index contributed by atoms with van der Waals surface area (Å²) in [6.45, 7) is 7.56. The smallest absolute Gasteiger partial charge is 0.388 e. The standard InChI is InChI=1S/C23H36F2N5O10P/c1-7-14(20(34)39-12(4)5)29-41(36,28-13(6)19(33)38-11(2)3)37-10-23(21(24)25)17(32)16(31)18(40-23)30-9-8-15(26)27-22(30)35/h8-9,11-13,16-18,21,31-32H,7,10H2,1-6H3,(H,28,36)(H2,26,27,35). The molecule has 5 N–H and O–H groups in total. The molecule has 6 unspecified atom stereocenters. The SMILES string of the molecule is CCC(=NP(=O)(NC(C)C(=O)OC(C)C)OCC1(C(F)F)OC(n2ccc(N)nc2=O)C(O)C1O)C(=O)OC(C)C. The van der Waals surface area contributed by atoms with E-state index in [2.05, 4.69) is 14.8 Å². The first-order valence-corrected chi connectivity index (χ1v) is 14.2. The molecule has 0 saturated carbocycles. The third kappa shape index (κ3) is 8.36. The summed E-state index contributed by atoms with van der Waals surface area (Å²) >= 11 is 0. The fourth-order valence-corrected chi connectivity index (χ4v) is 5.33. The first kappa shape index (κ1) is 34.4. The van der Waals surface area contributed by atoms with Crippen molar-refractivity contribution in [2.45, 2.75) is 96.7 Å². The molecule has 1 aromatic rings. The Morgan fingerprint density at radius 3 is 2.37 bits per heavy atom. The maximum atomic E-state index is 14.5. The zero-order valence-corrected chi connectivity index (χ0v) is 24.3. The molecule has 2 rings (SSSR count). The molecule has 1 aliphatic heterocycles. The molecule has 2 heterocycles. The van der Waals surface area contributed by atoms with E-state index in [9.17, 15) is 37.9 Å². The second kappa shape index (κ2) is 13.9. The Kier molecular flexibility index (Phi) is 11.7. The van der Waals surface area contributed by atoms with Crippen molar-refractivity contribution in [3.63, 3.8) is 0 Å². The number of rotatable bonds is 13. The molecule has 0 aromatic carbocycles. The molecule has 18 heteroatoms. The van der Waals surface area contributed by atoms with Crippen LogP contribution in [0.2, 0.25) is 0 Å². The van der Waals surface area contributed by atoms with Crippen LogP contribution >= 0.6 is 7.67 Å². The van der Waals surface area contributed by atoms with Gasteiger partial charge < -0.3 is 30.2 Å². The summed E-state index contributed by atoms with van der Waals surface area (Å²) in [5.41, 5.74) is 0.908. The van der Waals surface area contributed by atoms with Crippen molar-refractivity contribution < 1.29 is 51.9 Å². The lowest BCUT2D eigenvalue weighted by molar-refractivity contribution is -0.192. The van der Waals surface area contributed by atoms with Gasteiger partial charge in [-0.25, -0.2) is 28.0 Å². The second-order valence-corrected chi connectivity index (χ2v) is 11.5. The van der Waals surface area contributed by atoms with Gasteiger partial charge in [0.25, 0.3) is 6.43 Å². The van der Waals surface area contributed by atoms with Crippen molar-refractivity contribution in [2.24, 2.45) is 4.76 Å². The quantitative estimate of drug-likeness (QED) is 0.139. The molecular weight excluding hydrogens is 575 g/mol. The van der Waals surface area contributed by atoms with Crippen molar-refractivity contribution in [1.82, 2.24) is 14.6 Å². The van der Waals surface area contributed by atoms with E-state index in [1.54, 1.807) is 27.7 Å². The van der Waals surface area contributed by atoms with Crippen LogP contribution in [0.5, 0.6) is 0 Å². The van der Waals surface area contributed by atoms with Gasteiger partial charge in [-0.05, 0) is 47.1 Å². The molecule has 0 aliphatic carbocycles. The number of anilines is 1. The van der Waals surface area contributed by atoms with Crippen molar-refractivity contribution in [3.8, 4) is 0 Å². The summed E-state index contributed by atoms with van der Waals surface area (Å²) in [6, 6.07) is -0.240. The molecule has 15 nitrogen and oxygen atoms in total. The molecule has 0 spiro atoms. The Morgan fingerprint density at radius 1 is 1.24 bits per heavy atom. The predicted molar refractivity (Wildman–Crippen MR) is 140 cm³/mol. The Labute approximate surface area is 234 Å². The fraction of sp³-hybridized carbons (Fsp3) is 0.696. The van der Waals surface area contributed by atoms with Gasteiger partial charge in [-0.15, -0.1) is 0 Å². The third-order valence-electron chi connectivity index (χ3n) is 5.64. The molecule has 41 heavy (non-hydrogen) atoms. The van der Waals surface area contributed by atoms with E-state index in [0.717, 1.165) is 12.3 Å². The first-order chi connectivity index (χ1) is 19.0. The normalized spacial score (nSPS) is 25.4. The largest absolute Gasteiger partial charge is 0.462 e. The Balaban J connectivity index is 2.49. The van der Waals surface area contributed by atoms with Crippen molar-refractivity contribution in [1.29, 1.82) is 0 Å². The summed E-state index contributed by atoms with van der Waals surface area (Å²) in [5.74, 6) is -2.06. The van der Waals surface area contributed by atoms with E-state index in [0.29, 0.717) is 4.57 Å². The van der Waals surface area contributed by atoms with Crippen LogP contribution in [0.4, 0.5) is 14.6 Å². The molecule has 232 valence electrons. The molecule has 0 amide bonds. The Morgan fingerprint density at radius 2 is 1.85 bits per heavy atom. The number of nitrogen functional groups attached to an aromatic ring is 1. The maximum absolute atomic E-state index is 14.5. The Bertz CT molecular complexity index is 1230. The van der Waals surface area contributed by atoms with Crippen LogP contribution in [0.1, 0.15) is 54.2 Å². The van der Waals surface area contributed by atoms with Gasteiger partial charge in [0.1, 0.15) is 29.8 Å². The zero-order valence-electron chi connectivity index (χ0n) is 23.4. The van der Waals surface area contributed by atoms with Crippen LogP contribution in [0.25, 0.3) is 0 Å². The van der Waals surface area contributed by atoms with E-state index in [4.69, 9.17) is 24.5 Å². The van der Waals surface area contributed by atoms with Crippen molar-refractivity contribution in [3.05, 3.63) is 22.7 Å². The maximum Gasteiger partial charge on any atom is 0.388 e. The van der Waals surface area contributed by atoms with Gasteiger partial charge >= 0.3 is 25.3 Å². The van der Waals surface area contributed by atoms with E-state index in [1.807, 2.05) is 0 Å². The number of aliphatic hydroxyl groups is 2. The predicted octanol–water partition coefficient (Wildman–Crippen LogP) is 0.937. The number of aromatic nitrogens is 2. The van der Waals surface area contributed by atoms with Crippen LogP contribution in [-0.2, 0) is 32.9 Å². The van der Waals surface area contributed by atoms with Gasteiger partial charge in [0.15, 0.2) is 11.8 Å². The highest BCUT2D eigenvalue weighted by Gasteiger charge is 2.61. The number of esters is 2. The molecule has 6 atom stereocenters. The highest BCUT2D eigenvalue weighted by Crippen LogP contribution is 2.49. The number of nitrogens with one attached hydrogen (secondary N) is 1. The van der Waals surface area contributed by atoms with Gasteiger partial charge in [-0.1, -0.05) is 6.92 Å². The molecule has 1 aliphatic rings. The molecule has 0 radical (unpaired) electrons. The van der Waals surface area contributed by atoms with Crippen molar-refractivity contribution >= 4 is 31.1 Å². The van der Waals surface area contributed by atoms with E-state index in [-0.39, 0.29) is 12.2 Å². The monoisotopic (exact) mass is 611 g/mol.